The molecule has 0 heterocycles. The molecule has 0 aliphatic carbocycles. The predicted molar refractivity (Wildman–Crippen MR) is 120 cm³/mol. The van der Waals surface area contributed by atoms with Crippen molar-refractivity contribution in [3.05, 3.63) is 82.1 Å². The van der Waals surface area contributed by atoms with E-state index in [1.54, 1.807) is 50.2 Å². The second kappa shape index (κ2) is 14.1. The number of rotatable bonds is 4. The summed E-state index contributed by atoms with van der Waals surface area (Å²) in [5, 5.41) is 7.52. The average molecular weight is 618 g/mol. The maximum Gasteiger partial charge on any atom is 0.183 e. The standard InChI is InChI=1S/2C9H10FN3S.Pt/c2*1-6(12-13-9(11)14)7-4-2-3-5-8(7)10;/h2*2-5H,1H3,(H3,11,13,14);/b2*12-6-;. The maximum atomic E-state index is 13.2. The fourth-order valence-corrected chi connectivity index (χ4v) is 1.96. The van der Waals surface area contributed by atoms with Crippen LogP contribution in [0.2, 0.25) is 0 Å². The Morgan fingerprint density at radius 2 is 1.07 bits per heavy atom. The molecule has 0 fully saturated rings. The van der Waals surface area contributed by atoms with E-state index in [4.69, 9.17) is 11.5 Å². The first kappa shape index (κ1) is 27.0. The smallest absolute Gasteiger partial charge is 0.183 e. The summed E-state index contributed by atoms with van der Waals surface area (Å²) in [7, 11) is 0. The molecule has 11 heteroatoms. The van der Waals surface area contributed by atoms with Crippen LogP contribution in [0.25, 0.3) is 10.9 Å². The van der Waals surface area contributed by atoms with E-state index in [1.165, 1.54) is 12.1 Å². The average Bonchev–Trinajstić information content (AvgIpc) is 2.65. The van der Waals surface area contributed by atoms with Gasteiger partial charge in [0.1, 0.15) is 11.6 Å². The fraction of sp³-hybridized carbons (Fsp3) is 0.111. The van der Waals surface area contributed by atoms with Crippen molar-refractivity contribution < 1.29 is 29.8 Å². The van der Waals surface area contributed by atoms with E-state index in [-0.39, 0.29) is 42.9 Å². The summed E-state index contributed by atoms with van der Waals surface area (Å²) in [6.07, 6.45) is 0. The van der Waals surface area contributed by atoms with Crippen LogP contribution in [0.4, 0.5) is 8.78 Å². The van der Waals surface area contributed by atoms with Crippen LogP contribution in [-0.2, 0) is 45.5 Å². The van der Waals surface area contributed by atoms with Gasteiger partial charge in [0.25, 0.3) is 0 Å². The zero-order valence-electron chi connectivity index (χ0n) is 15.5. The number of halogens is 2. The van der Waals surface area contributed by atoms with Crippen LogP contribution in [-0.4, -0.2) is 21.6 Å². The fourth-order valence-electron chi connectivity index (χ4n) is 1.87. The summed E-state index contributed by atoms with van der Waals surface area (Å²) in [6.45, 7) is 3.30. The largest absolute Gasteiger partial charge is 0.515 e. The molecular weight excluding hydrogens is 597 g/mol. The molecule has 0 aliphatic heterocycles. The number of nitrogens with zero attached hydrogens (tertiary/aromatic N) is 4. The van der Waals surface area contributed by atoms with Crippen molar-refractivity contribution in [3.8, 4) is 0 Å². The molecule has 2 rings (SSSR count). The van der Waals surface area contributed by atoms with Crippen molar-refractivity contribution in [1.82, 2.24) is 0 Å². The second-order valence-electron chi connectivity index (χ2n) is 5.25. The molecule has 0 aliphatic rings. The van der Waals surface area contributed by atoms with Crippen molar-refractivity contribution in [2.75, 3.05) is 0 Å². The van der Waals surface area contributed by atoms with Gasteiger partial charge < -0.3 is 21.1 Å². The van der Waals surface area contributed by atoms with E-state index in [2.05, 4.69) is 45.5 Å². The summed E-state index contributed by atoms with van der Waals surface area (Å²) in [6, 6.07) is 12.7. The molecular formula is C18H20F2N6PtS2. The topological polar surface area (TPSA) is 105 Å². The monoisotopic (exact) mass is 617 g/mol. The van der Waals surface area contributed by atoms with Crippen LogP contribution in [0, 0.1) is 11.6 Å². The van der Waals surface area contributed by atoms with E-state index in [0.29, 0.717) is 22.6 Å². The molecule has 0 amide bonds. The first-order valence-corrected chi connectivity index (χ1v) is 8.75. The minimum absolute atomic E-state index is 0. The summed E-state index contributed by atoms with van der Waals surface area (Å²) in [5.74, 6) is -0.664. The number of nitrogens with two attached hydrogens (primary N) is 2. The molecule has 158 valence electrons. The zero-order valence-corrected chi connectivity index (χ0v) is 19.6. The Morgan fingerprint density at radius 3 is 1.34 bits per heavy atom. The number of hydrogen-bond acceptors (Lipinski definition) is 2. The molecule has 0 spiro atoms. The molecule has 0 unspecified atom stereocenters. The SMILES string of the molecule is C/C(=N/[N-]C(N)=[SH+])c1ccccc1F.C/C(=N/[N-]C(N)=[SH+])c1ccccc1F.[Pt]. The zero-order chi connectivity index (χ0) is 21.1. The van der Waals surface area contributed by atoms with E-state index < -0.39 is 0 Å². The number of thiol groups is 2. The summed E-state index contributed by atoms with van der Waals surface area (Å²) in [4.78, 5) is 0. The van der Waals surface area contributed by atoms with Crippen LogP contribution in [0.15, 0.2) is 58.7 Å². The number of hydrogen-bond donors (Lipinski definition) is 2. The third kappa shape index (κ3) is 10.4. The minimum Gasteiger partial charge on any atom is -0.515 e. The molecule has 29 heavy (non-hydrogen) atoms. The van der Waals surface area contributed by atoms with Gasteiger partial charge in [0.2, 0.25) is 0 Å². The van der Waals surface area contributed by atoms with Gasteiger partial charge in [-0.3, -0.25) is 11.5 Å². The van der Waals surface area contributed by atoms with Crippen LogP contribution in [0.5, 0.6) is 0 Å². The molecule has 0 atom stereocenters. The van der Waals surface area contributed by atoms with E-state index >= 15 is 0 Å². The van der Waals surface area contributed by atoms with Gasteiger partial charge in [0, 0.05) is 43.6 Å². The van der Waals surface area contributed by atoms with Crippen molar-refractivity contribution in [2.24, 2.45) is 21.7 Å². The van der Waals surface area contributed by atoms with Gasteiger partial charge in [-0.15, -0.1) is 0 Å². The van der Waals surface area contributed by atoms with Gasteiger partial charge in [-0.25, -0.2) is 8.78 Å². The Hall–Kier alpha value is -1.97. The van der Waals surface area contributed by atoms with Gasteiger partial charge in [0.15, 0.2) is 34.7 Å². The molecule has 0 aromatic heterocycles. The maximum absolute atomic E-state index is 13.2. The Bertz CT molecular complexity index is 832. The normalized spacial score (nSPS) is 10.8. The first-order chi connectivity index (χ1) is 13.2. The van der Waals surface area contributed by atoms with Crippen LogP contribution < -0.4 is 11.5 Å². The van der Waals surface area contributed by atoms with Crippen molar-refractivity contribution in [3.63, 3.8) is 0 Å². The molecule has 4 N–H and O–H groups in total. The van der Waals surface area contributed by atoms with Crippen molar-refractivity contribution in [2.45, 2.75) is 13.8 Å². The third-order valence-electron chi connectivity index (χ3n) is 3.13. The van der Waals surface area contributed by atoms with Crippen molar-refractivity contribution >= 4 is 46.1 Å². The van der Waals surface area contributed by atoms with Gasteiger partial charge in [0.05, 0.1) is 0 Å². The van der Waals surface area contributed by atoms with E-state index in [0.717, 1.165) is 0 Å². The first-order valence-electron chi connectivity index (χ1n) is 7.85. The summed E-state index contributed by atoms with van der Waals surface area (Å²) in [5.41, 5.74) is 19.1. The quantitative estimate of drug-likeness (QED) is 0.181. The Kier molecular flexibility index (Phi) is 13.1. The molecule has 0 saturated carbocycles. The molecule has 6 nitrogen and oxygen atoms in total. The number of benzene rings is 2. The van der Waals surface area contributed by atoms with Gasteiger partial charge >= 0.3 is 0 Å². The third-order valence-corrected chi connectivity index (χ3v) is 3.31. The van der Waals surface area contributed by atoms with Crippen LogP contribution in [0.1, 0.15) is 25.0 Å². The van der Waals surface area contributed by atoms with E-state index in [9.17, 15) is 8.78 Å². The Labute approximate surface area is 193 Å². The Morgan fingerprint density at radius 1 is 0.759 bits per heavy atom. The van der Waals surface area contributed by atoms with E-state index in [1.807, 2.05) is 0 Å². The summed E-state index contributed by atoms with van der Waals surface area (Å²) < 4.78 is 26.4. The molecule has 2 aromatic rings. The summed E-state index contributed by atoms with van der Waals surface area (Å²) >= 11 is 7.48. The molecule has 2 aromatic carbocycles. The van der Waals surface area contributed by atoms with Gasteiger partial charge in [-0.05, 0) is 26.0 Å². The molecule has 0 radical (unpaired) electrons. The second-order valence-corrected chi connectivity index (χ2v) is 6.16. The van der Waals surface area contributed by atoms with Gasteiger partial charge in [-0.2, -0.15) is 0 Å². The van der Waals surface area contributed by atoms with Crippen LogP contribution in [0.3, 0.4) is 0 Å². The van der Waals surface area contributed by atoms with Crippen molar-refractivity contribution in [1.29, 1.82) is 0 Å². The molecule has 0 saturated heterocycles. The predicted octanol–water partition coefficient (Wildman–Crippen LogP) is 2.49. The van der Waals surface area contributed by atoms with Crippen LogP contribution >= 0.6 is 0 Å². The minimum atomic E-state index is -0.332. The molecule has 0 bridgehead atoms. The Balaban J connectivity index is 0.000000523. The van der Waals surface area contributed by atoms with Gasteiger partial charge in [-0.1, -0.05) is 36.4 Å².